The number of halogens is 1. The van der Waals surface area contributed by atoms with E-state index in [2.05, 4.69) is 29.5 Å². The second-order valence-electron chi connectivity index (χ2n) is 2.22. The zero-order valence-corrected chi connectivity index (χ0v) is 8.43. The van der Waals surface area contributed by atoms with Crippen LogP contribution in [0.3, 0.4) is 0 Å². The smallest absolute Gasteiger partial charge is 0.156 e. The Morgan fingerprint density at radius 1 is 1.50 bits per heavy atom. The molecule has 0 saturated carbocycles. The fourth-order valence-corrected chi connectivity index (χ4v) is 1.10. The lowest BCUT2D eigenvalue weighted by atomic mass is 10.1. The first-order valence-corrected chi connectivity index (χ1v) is 4.85. The second kappa shape index (κ2) is 7.25. The van der Waals surface area contributed by atoms with Crippen molar-refractivity contribution in [2.45, 2.75) is 32.6 Å². The molecule has 0 aliphatic carbocycles. The van der Waals surface area contributed by atoms with Crippen molar-refractivity contribution < 1.29 is 4.79 Å². The minimum absolute atomic E-state index is 0.253. The van der Waals surface area contributed by atoms with Gasteiger partial charge in [0.2, 0.25) is 0 Å². The van der Waals surface area contributed by atoms with E-state index in [4.69, 9.17) is 0 Å². The van der Waals surface area contributed by atoms with E-state index in [1.54, 1.807) is 10.2 Å². The van der Waals surface area contributed by atoms with E-state index < -0.39 is 0 Å². The van der Waals surface area contributed by atoms with Crippen molar-refractivity contribution in [1.29, 1.82) is 0 Å². The first kappa shape index (κ1) is 10.1. The van der Waals surface area contributed by atoms with Crippen LogP contribution < -0.4 is 0 Å². The van der Waals surface area contributed by atoms with Gasteiger partial charge in [0.05, 0.1) is 0 Å². The maximum absolute atomic E-state index is 10.8. The molecule has 0 aromatic carbocycles. The van der Waals surface area contributed by atoms with Gasteiger partial charge >= 0.3 is 0 Å². The molecule has 0 unspecified atom stereocenters. The molecular weight excluding hydrogens is 239 g/mol. The van der Waals surface area contributed by atoms with E-state index in [1.807, 2.05) is 0 Å². The van der Waals surface area contributed by atoms with Crippen molar-refractivity contribution >= 4 is 28.4 Å². The average Bonchev–Trinajstić information content (AvgIpc) is 1.89. The lowest BCUT2D eigenvalue weighted by Gasteiger charge is -1.92. The highest BCUT2D eigenvalue weighted by Gasteiger charge is 1.93. The van der Waals surface area contributed by atoms with Crippen molar-refractivity contribution in [2.75, 3.05) is 0 Å². The Morgan fingerprint density at radius 2 is 2.20 bits per heavy atom. The molecular formula is C8H13IO. The molecule has 0 aromatic heterocycles. The third kappa shape index (κ3) is 6.26. The van der Waals surface area contributed by atoms with Gasteiger partial charge in [-0.05, 0) is 16.6 Å². The topological polar surface area (TPSA) is 17.1 Å². The fourth-order valence-electron chi connectivity index (χ4n) is 0.703. The minimum atomic E-state index is 0.253. The first-order chi connectivity index (χ1) is 4.81. The molecule has 0 atom stereocenters. The van der Waals surface area contributed by atoms with Gasteiger partial charge in [-0.25, -0.2) is 0 Å². The van der Waals surface area contributed by atoms with E-state index in [-0.39, 0.29) is 5.78 Å². The summed E-state index contributed by atoms with van der Waals surface area (Å²) in [4.78, 5) is 10.8. The van der Waals surface area contributed by atoms with Crippen LogP contribution in [0.2, 0.25) is 0 Å². The maximum atomic E-state index is 10.8. The van der Waals surface area contributed by atoms with Crippen LogP contribution in [-0.4, -0.2) is 5.78 Å². The van der Waals surface area contributed by atoms with Gasteiger partial charge in [0.15, 0.2) is 5.78 Å². The van der Waals surface area contributed by atoms with Gasteiger partial charge in [-0.1, -0.05) is 42.4 Å². The molecule has 1 nitrogen and oxygen atoms in total. The van der Waals surface area contributed by atoms with Crippen LogP contribution in [0.1, 0.15) is 32.6 Å². The molecule has 0 aliphatic heterocycles. The van der Waals surface area contributed by atoms with Gasteiger partial charge in [-0.3, -0.25) is 4.79 Å². The number of hydrogen-bond acceptors (Lipinski definition) is 1. The third-order valence-electron chi connectivity index (χ3n) is 1.28. The third-order valence-corrected chi connectivity index (χ3v) is 1.64. The van der Waals surface area contributed by atoms with Gasteiger partial charge in [-0.2, -0.15) is 0 Å². The van der Waals surface area contributed by atoms with Crippen LogP contribution in [0, 0.1) is 0 Å². The van der Waals surface area contributed by atoms with Crippen molar-refractivity contribution in [2.24, 2.45) is 0 Å². The molecule has 0 rings (SSSR count). The summed E-state index contributed by atoms with van der Waals surface area (Å²) in [5.41, 5.74) is 0. The summed E-state index contributed by atoms with van der Waals surface area (Å²) in [7, 11) is 0. The molecule has 0 bridgehead atoms. The SMILES string of the molecule is CCCCCC(=O)/C=C\I. The zero-order chi connectivity index (χ0) is 7.82. The highest BCUT2D eigenvalue weighted by molar-refractivity contribution is 14.1. The van der Waals surface area contributed by atoms with Gasteiger partial charge in [0.25, 0.3) is 0 Å². The van der Waals surface area contributed by atoms with E-state index in [1.165, 1.54) is 12.8 Å². The van der Waals surface area contributed by atoms with Gasteiger partial charge < -0.3 is 0 Å². The Balaban J connectivity index is 3.22. The Hall–Kier alpha value is 0.140. The van der Waals surface area contributed by atoms with E-state index in [9.17, 15) is 4.79 Å². The summed E-state index contributed by atoms with van der Waals surface area (Å²) in [6.45, 7) is 2.14. The molecule has 0 aromatic rings. The Labute approximate surface area is 76.0 Å². The first-order valence-electron chi connectivity index (χ1n) is 3.61. The Kier molecular flexibility index (Phi) is 7.35. The maximum Gasteiger partial charge on any atom is 0.156 e. The van der Waals surface area contributed by atoms with Crippen LogP contribution in [0.15, 0.2) is 10.2 Å². The number of rotatable bonds is 5. The summed E-state index contributed by atoms with van der Waals surface area (Å²) in [5, 5.41) is 0. The van der Waals surface area contributed by atoms with Crippen molar-refractivity contribution in [3.63, 3.8) is 0 Å². The lowest BCUT2D eigenvalue weighted by Crippen LogP contribution is -1.90. The molecule has 10 heavy (non-hydrogen) atoms. The highest BCUT2D eigenvalue weighted by Crippen LogP contribution is 2.00. The van der Waals surface area contributed by atoms with E-state index >= 15 is 0 Å². The van der Waals surface area contributed by atoms with E-state index in [0.29, 0.717) is 6.42 Å². The molecule has 0 amide bonds. The predicted octanol–water partition coefficient (Wildman–Crippen LogP) is 3.08. The van der Waals surface area contributed by atoms with Gasteiger partial charge in [0, 0.05) is 6.42 Å². The summed E-state index contributed by atoms with van der Waals surface area (Å²) < 4.78 is 1.77. The largest absolute Gasteiger partial charge is 0.295 e. The fraction of sp³-hybridized carbons (Fsp3) is 0.625. The Morgan fingerprint density at radius 3 is 2.70 bits per heavy atom. The molecule has 0 N–H and O–H groups in total. The quantitative estimate of drug-likeness (QED) is 0.417. The zero-order valence-electron chi connectivity index (χ0n) is 6.27. The molecule has 0 heterocycles. The number of unbranched alkanes of at least 4 members (excludes halogenated alkanes) is 2. The highest BCUT2D eigenvalue weighted by atomic mass is 127. The monoisotopic (exact) mass is 252 g/mol. The van der Waals surface area contributed by atoms with Crippen molar-refractivity contribution in [3.05, 3.63) is 10.2 Å². The van der Waals surface area contributed by atoms with Crippen LogP contribution in [0.4, 0.5) is 0 Å². The molecule has 0 spiro atoms. The van der Waals surface area contributed by atoms with Gasteiger partial charge in [0.1, 0.15) is 0 Å². The Bertz CT molecular complexity index is 118. The molecule has 58 valence electrons. The number of hydrogen-bond donors (Lipinski definition) is 0. The van der Waals surface area contributed by atoms with Crippen molar-refractivity contribution in [1.82, 2.24) is 0 Å². The minimum Gasteiger partial charge on any atom is -0.295 e. The van der Waals surface area contributed by atoms with Crippen molar-refractivity contribution in [3.8, 4) is 0 Å². The summed E-state index contributed by atoms with van der Waals surface area (Å²) in [5.74, 6) is 0.253. The molecule has 0 saturated heterocycles. The summed E-state index contributed by atoms with van der Waals surface area (Å²) in [6.07, 6.45) is 5.74. The number of carbonyl (C=O) groups excluding carboxylic acids is 1. The standard InChI is InChI=1S/C8H13IO/c1-2-3-4-5-8(10)6-7-9/h6-7H,2-5H2,1H3/b7-6-. The molecule has 0 fully saturated rings. The number of allylic oxidation sites excluding steroid dienone is 1. The number of ketones is 1. The summed E-state index contributed by atoms with van der Waals surface area (Å²) >= 11 is 2.06. The predicted molar refractivity (Wildman–Crippen MR) is 52.3 cm³/mol. The molecule has 0 aliphatic rings. The molecule has 2 heteroatoms. The van der Waals surface area contributed by atoms with Crippen LogP contribution >= 0.6 is 22.6 Å². The summed E-state index contributed by atoms with van der Waals surface area (Å²) in [6, 6.07) is 0. The average molecular weight is 252 g/mol. The lowest BCUT2D eigenvalue weighted by molar-refractivity contribution is -0.114. The second-order valence-corrected chi connectivity index (χ2v) is 2.94. The van der Waals surface area contributed by atoms with Gasteiger partial charge in [-0.15, -0.1) is 0 Å². The van der Waals surface area contributed by atoms with Crippen LogP contribution in [-0.2, 0) is 4.79 Å². The molecule has 0 radical (unpaired) electrons. The number of carbonyl (C=O) groups is 1. The van der Waals surface area contributed by atoms with E-state index in [0.717, 1.165) is 6.42 Å². The van der Waals surface area contributed by atoms with Crippen LogP contribution in [0.25, 0.3) is 0 Å². The normalized spacial score (nSPS) is 10.6. The van der Waals surface area contributed by atoms with Crippen LogP contribution in [0.5, 0.6) is 0 Å².